The van der Waals surface area contributed by atoms with Crippen LogP contribution in [0.4, 0.5) is 0 Å². The Morgan fingerprint density at radius 3 is 2.00 bits per heavy atom. The second kappa shape index (κ2) is 5.83. The molecule has 0 radical (unpaired) electrons. The lowest BCUT2D eigenvalue weighted by atomic mass is 9.82. The Labute approximate surface area is 123 Å². The maximum atomic E-state index is 2.28. The van der Waals surface area contributed by atoms with Gasteiger partial charge in [-0.1, -0.05) is 83.1 Å². The Kier molecular flexibility index (Phi) is 4.32. The van der Waals surface area contributed by atoms with Crippen LogP contribution < -0.4 is 0 Å². The molecule has 0 aliphatic carbocycles. The minimum atomic E-state index is 0.174. The van der Waals surface area contributed by atoms with Crippen LogP contribution in [0.2, 0.25) is 0 Å². The van der Waals surface area contributed by atoms with Gasteiger partial charge in [0.1, 0.15) is 0 Å². The Morgan fingerprint density at radius 1 is 0.850 bits per heavy atom. The molecule has 0 fully saturated rings. The standard InChI is InChI=1S/C20H26/c1-15(2)14-16-10-12-17(13-11-16)18-8-6-7-9-19(18)20(3,4)5/h6-13,15H,14H2,1-5H3. The lowest BCUT2D eigenvalue weighted by molar-refractivity contribution is 0.592. The van der Waals surface area contributed by atoms with Gasteiger partial charge in [0.25, 0.3) is 0 Å². The Morgan fingerprint density at radius 2 is 1.45 bits per heavy atom. The molecule has 0 amide bonds. The topological polar surface area (TPSA) is 0 Å². The molecule has 0 aliphatic heterocycles. The molecular weight excluding hydrogens is 240 g/mol. The summed E-state index contributed by atoms with van der Waals surface area (Å²) in [4.78, 5) is 0. The summed E-state index contributed by atoms with van der Waals surface area (Å²) in [5.74, 6) is 0.711. The van der Waals surface area contributed by atoms with Crippen LogP contribution in [0.3, 0.4) is 0 Å². The molecule has 2 aromatic carbocycles. The zero-order valence-corrected chi connectivity index (χ0v) is 13.4. The molecule has 0 saturated heterocycles. The predicted molar refractivity (Wildman–Crippen MR) is 89.1 cm³/mol. The first-order valence-electron chi connectivity index (χ1n) is 7.57. The summed E-state index contributed by atoms with van der Waals surface area (Å²) in [7, 11) is 0. The first-order chi connectivity index (χ1) is 9.38. The molecule has 0 N–H and O–H groups in total. The summed E-state index contributed by atoms with van der Waals surface area (Å²) in [6, 6.07) is 17.8. The second-order valence-corrected chi connectivity index (χ2v) is 7.09. The molecule has 0 aliphatic rings. The smallest absolute Gasteiger partial charge is 0.0126 e. The molecule has 2 aromatic rings. The monoisotopic (exact) mass is 266 g/mol. The molecule has 0 nitrogen and oxygen atoms in total. The molecule has 0 atom stereocenters. The van der Waals surface area contributed by atoms with Crippen molar-refractivity contribution in [2.45, 2.75) is 46.5 Å². The van der Waals surface area contributed by atoms with Crippen LogP contribution in [0.5, 0.6) is 0 Å². The van der Waals surface area contributed by atoms with E-state index in [1.54, 1.807) is 0 Å². The van der Waals surface area contributed by atoms with Gasteiger partial charge in [0.15, 0.2) is 0 Å². The van der Waals surface area contributed by atoms with E-state index in [0.717, 1.165) is 6.42 Å². The van der Waals surface area contributed by atoms with E-state index in [1.807, 2.05) is 0 Å². The van der Waals surface area contributed by atoms with E-state index in [2.05, 4.69) is 83.1 Å². The van der Waals surface area contributed by atoms with Crippen molar-refractivity contribution in [3.63, 3.8) is 0 Å². The molecule has 2 rings (SSSR count). The number of benzene rings is 2. The van der Waals surface area contributed by atoms with Crippen molar-refractivity contribution in [2.75, 3.05) is 0 Å². The fourth-order valence-electron chi connectivity index (χ4n) is 2.68. The van der Waals surface area contributed by atoms with E-state index < -0.39 is 0 Å². The van der Waals surface area contributed by atoms with Gasteiger partial charge in [-0.3, -0.25) is 0 Å². The normalized spacial score (nSPS) is 11.9. The van der Waals surface area contributed by atoms with Gasteiger partial charge < -0.3 is 0 Å². The van der Waals surface area contributed by atoms with E-state index in [4.69, 9.17) is 0 Å². The zero-order chi connectivity index (χ0) is 14.8. The van der Waals surface area contributed by atoms with Gasteiger partial charge >= 0.3 is 0 Å². The highest BCUT2D eigenvalue weighted by Crippen LogP contribution is 2.32. The summed E-state index contributed by atoms with van der Waals surface area (Å²) in [6.07, 6.45) is 1.15. The average molecular weight is 266 g/mol. The molecule has 20 heavy (non-hydrogen) atoms. The molecule has 0 spiro atoms. The van der Waals surface area contributed by atoms with Gasteiger partial charge in [-0.15, -0.1) is 0 Å². The predicted octanol–water partition coefficient (Wildman–Crippen LogP) is 5.85. The van der Waals surface area contributed by atoms with Crippen molar-refractivity contribution in [1.29, 1.82) is 0 Å². The van der Waals surface area contributed by atoms with Crippen LogP contribution in [-0.4, -0.2) is 0 Å². The maximum absolute atomic E-state index is 2.28. The summed E-state index contributed by atoms with van der Waals surface area (Å²) >= 11 is 0. The largest absolute Gasteiger partial charge is 0.0625 e. The third-order valence-electron chi connectivity index (χ3n) is 3.64. The fraction of sp³-hybridized carbons (Fsp3) is 0.400. The van der Waals surface area contributed by atoms with Crippen molar-refractivity contribution in [2.24, 2.45) is 5.92 Å². The minimum Gasteiger partial charge on any atom is -0.0625 e. The first kappa shape index (κ1) is 14.8. The lowest BCUT2D eigenvalue weighted by Crippen LogP contribution is -2.12. The molecule has 0 saturated carbocycles. The summed E-state index contributed by atoms with van der Waals surface area (Å²) in [6.45, 7) is 11.4. The van der Waals surface area contributed by atoms with E-state index in [9.17, 15) is 0 Å². The molecule has 0 heteroatoms. The maximum Gasteiger partial charge on any atom is -0.0126 e. The van der Waals surface area contributed by atoms with E-state index >= 15 is 0 Å². The highest BCUT2D eigenvalue weighted by Gasteiger charge is 2.17. The van der Waals surface area contributed by atoms with Gasteiger partial charge in [0, 0.05) is 0 Å². The lowest BCUT2D eigenvalue weighted by Gasteiger charge is -2.23. The van der Waals surface area contributed by atoms with Crippen LogP contribution in [0.15, 0.2) is 48.5 Å². The highest BCUT2D eigenvalue weighted by atomic mass is 14.2. The van der Waals surface area contributed by atoms with Gasteiger partial charge in [0.2, 0.25) is 0 Å². The summed E-state index contributed by atoms with van der Waals surface area (Å²) in [5, 5.41) is 0. The molecule has 0 aromatic heterocycles. The number of hydrogen-bond acceptors (Lipinski definition) is 0. The minimum absolute atomic E-state index is 0.174. The van der Waals surface area contributed by atoms with Crippen molar-refractivity contribution >= 4 is 0 Å². The van der Waals surface area contributed by atoms with Crippen molar-refractivity contribution < 1.29 is 0 Å². The van der Waals surface area contributed by atoms with Gasteiger partial charge in [-0.25, -0.2) is 0 Å². The number of hydrogen-bond donors (Lipinski definition) is 0. The quantitative estimate of drug-likeness (QED) is 0.653. The van der Waals surface area contributed by atoms with Gasteiger partial charge in [-0.05, 0) is 40.0 Å². The van der Waals surface area contributed by atoms with Crippen LogP contribution in [0.1, 0.15) is 45.7 Å². The summed E-state index contributed by atoms with van der Waals surface area (Å²) in [5.41, 5.74) is 5.69. The first-order valence-corrected chi connectivity index (χ1v) is 7.57. The Balaban J connectivity index is 2.37. The van der Waals surface area contributed by atoms with Crippen LogP contribution >= 0.6 is 0 Å². The molecule has 0 unspecified atom stereocenters. The highest BCUT2D eigenvalue weighted by molar-refractivity contribution is 5.68. The van der Waals surface area contributed by atoms with Gasteiger partial charge in [0.05, 0.1) is 0 Å². The van der Waals surface area contributed by atoms with Crippen molar-refractivity contribution in [3.8, 4) is 11.1 Å². The SMILES string of the molecule is CC(C)Cc1ccc(-c2ccccc2C(C)(C)C)cc1. The second-order valence-electron chi connectivity index (χ2n) is 7.09. The van der Waals surface area contributed by atoms with Crippen molar-refractivity contribution in [3.05, 3.63) is 59.7 Å². The van der Waals surface area contributed by atoms with E-state index in [1.165, 1.54) is 22.3 Å². The Bertz CT molecular complexity index is 553. The van der Waals surface area contributed by atoms with Crippen molar-refractivity contribution in [1.82, 2.24) is 0 Å². The molecule has 0 bridgehead atoms. The van der Waals surface area contributed by atoms with E-state index in [0.29, 0.717) is 5.92 Å². The van der Waals surface area contributed by atoms with Crippen LogP contribution in [-0.2, 0) is 11.8 Å². The average Bonchev–Trinajstić information content (AvgIpc) is 2.38. The van der Waals surface area contributed by atoms with E-state index in [-0.39, 0.29) is 5.41 Å². The number of rotatable bonds is 3. The van der Waals surface area contributed by atoms with Gasteiger partial charge in [-0.2, -0.15) is 0 Å². The molecule has 0 heterocycles. The molecular formula is C20H26. The zero-order valence-electron chi connectivity index (χ0n) is 13.4. The fourth-order valence-corrected chi connectivity index (χ4v) is 2.68. The summed E-state index contributed by atoms with van der Waals surface area (Å²) < 4.78 is 0. The Hall–Kier alpha value is -1.56. The molecule has 106 valence electrons. The third-order valence-corrected chi connectivity index (χ3v) is 3.64. The third kappa shape index (κ3) is 3.50. The van der Waals surface area contributed by atoms with Crippen LogP contribution in [0.25, 0.3) is 11.1 Å². The van der Waals surface area contributed by atoms with Crippen LogP contribution in [0, 0.1) is 5.92 Å².